The molecular formula is C15H13BrFNO3. The largest absolute Gasteiger partial charge is 0.462 e. The van der Waals surface area contributed by atoms with E-state index in [2.05, 4.69) is 15.9 Å². The number of esters is 1. The fourth-order valence-electron chi connectivity index (χ4n) is 2.38. The highest BCUT2D eigenvalue weighted by Crippen LogP contribution is 2.37. The maximum Gasteiger partial charge on any atom is 0.343 e. The van der Waals surface area contributed by atoms with Crippen LogP contribution in [0.3, 0.4) is 0 Å². The molecule has 3 rings (SSSR count). The Hall–Kier alpha value is -1.69. The van der Waals surface area contributed by atoms with Gasteiger partial charge in [-0.15, -0.1) is 0 Å². The second kappa shape index (κ2) is 5.26. The van der Waals surface area contributed by atoms with Crippen molar-refractivity contribution in [2.75, 3.05) is 6.61 Å². The summed E-state index contributed by atoms with van der Waals surface area (Å²) in [7, 11) is 0. The number of hydrogen-bond donors (Lipinski definition) is 0. The van der Waals surface area contributed by atoms with Gasteiger partial charge in [0.25, 0.3) is 5.56 Å². The molecule has 0 spiro atoms. The van der Waals surface area contributed by atoms with E-state index in [4.69, 9.17) is 4.74 Å². The number of benzene rings is 1. The normalized spacial score (nSPS) is 14.4. The molecular weight excluding hydrogens is 341 g/mol. The van der Waals surface area contributed by atoms with E-state index in [1.165, 1.54) is 12.1 Å². The van der Waals surface area contributed by atoms with Crippen molar-refractivity contribution in [2.45, 2.75) is 25.8 Å². The van der Waals surface area contributed by atoms with Gasteiger partial charge >= 0.3 is 5.97 Å². The topological polar surface area (TPSA) is 48.3 Å². The first-order valence-electron chi connectivity index (χ1n) is 6.74. The SMILES string of the molecule is CCOC(=O)c1cc2cc(F)c(Br)cc2n(C2CC2)c1=O. The van der Waals surface area contributed by atoms with Crippen molar-refractivity contribution in [3.8, 4) is 0 Å². The van der Waals surface area contributed by atoms with Gasteiger partial charge in [0, 0.05) is 11.4 Å². The molecule has 1 aromatic heterocycles. The molecule has 2 aromatic rings. The number of nitrogens with zero attached hydrogens (tertiary/aromatic N) is 1. The van der Waals surface area contributed by atoms with Gasteiger partial charge in [0.05, 0.1) is 16.6 Å². The number of pyridine rings is 1. The first-order chi connectivity index (χ1) is 10.0. The third kappa shape index (κ3) is 2.48. The van der Waals surface area contributed by atoms with Crippen LogP contribution in [0.2, 0.25) is 0 Å². The van der Waals surface area contributed by atoms with Crippen LogP contribution in [0.5, 0.6) is 0 Å². The minimum Gasteiger partial charge on any atom is -0.462 e. The van der Waals surface area contributed by atoms with Gasteiger partial charge in [0.15, 0.2) is 0 Å². The predicted octanol–water partition coefficient (Wildman–Crippen LogP) is 3.41. The van der Waals surface area contributed by atoms with Crippen LogP contribution in [-0.2, 0) is 4.74 Å². The molecule has 1 aliphatic carbocycles. The Balaban J connectivity index is 2.31. The van der Waals surface area contributed by atoms with Gasteiger partial charge < -0.3 is 9.30 Å². The summed E-state index contributed by atoms with van der Waals surface area (Å²) in [6, 6.07) is 4.39. The van der Waals surface area contributed by atoms with Gasteiger partial charge in [-0.1, -0.05) is 0 Å². The molecule has 0 atom stereocenters. The van der Waals surface area contributed by atoms with E-state index >= 15 is 0 Å². The number of ether oxygens (including phenoxy) is 1. The third-order valence-corrected chi connectivity index (χ3v) is 4.09. The summed E-state index contributed by atoms with van der Waals surface area (Å²) in [5.74, 6) is -1.10. The minimum absolute atomic E-state index is 0.0435. The van der Waals surface area contributed by atoms with Crippen LogP contribution >= 0.6 is 15.9 Å². The first kappa shape index (κ1) is 14.3. The van der Waals surface area contributed by atoms with E-state index < -0.39 is 11.8 Å². The molecule has 1 aromatic carbocycles. The lowest BCUT2D eigenvalue weighted by Gasteiger charge is -2.12. The molecule has 1 heterocycles. The molecule has 0 saturated heterocycles. The Bertz CT molecular complexity index is 796. The van der Waals surface area contributed by atoms with E-state index in [0.717, 1.165) is 12.8 Å². The Morgan fingerprint density at radius 3 is 2.76 bits per heavy atom. The van der Waals surface area contributed by atoms with Crippen LogP contribution < -0.4 is 5.56 Å². The molecule has 1 fully saturated rings. The van der Waals surface area contributed by atoms with Crippen molar-refractivity contribution in [1.29, 1.82) is 0 Å². The lowest BCUT2D eigenvalue weighted by Crippen LogP contribution is -2.27. The molecule has 21 heavy (non-hydrogen) atoms. The smallest absolute Gasteiger partial charge is 0.343 e. The number of hydrogen-bond acceptors (Lipinski definition) is 3. The summed E-state index contributed by atoms with van der Waals surface area (Å²) in [4.78, 5) is 24.4. The summed E-state index contributed by atoms with van der Waals surface area (Å²) >= 11 is 3.13. The van der Waals surface area contributed by atoms with Crippen molar-refractivity contribution in [2.24, 2.45) is 0 Å². The molecule has 0 bridgehead atoms. The molecule has 1 aliphatic rings. The van der Waals surface area contributed by atoms with Gasteiger partial charge in [-0.05, 0) is 53.9 Å². The van der Waals surface area contributed by atoms with Gasteiger partial charge in [0.1, 0.15) is 11.4 Å². The lowest BCUT2D eigenvalue weighted by atomic mass is 10.1. The molecule has 4 nitrogen and oxygen atoms in total. The second-order valence-corrected chi connectivity index (χ2v) is 5.86. The molecule has 6 heteroatoms. The third-order valence-electron chi connectivity index (χ3n) is 3.49. The standard InChI is InChI=1S/C15H13BrFNO3/c1-2-21-15(20)10-5-8-6-12(17)11(16)7-13(8)18(14(10)19)9-3-4-9/h5-7,9H,2-4H2,1H3. The predicted molar refractivity (Wildman–Crippen MR) is 80.1 cm³/mol. The summed E-state index contributed by atoms with van der Waals surface area (Å²) in [6.07, 6.45) is 1.77. The van der Waals surface area contributed by atoms with Crippen LogP contribution in [0.25, 0.3) is 10.9 Å². The summed E-state index contributed by atoms with van der Waals surface area (Å²) in [5, 5.41) is 0.519. The van der Waals surface area contributed by atoms with Crippen LogP contribution in [0.1, 0.15) is 36.2 Å². The minimum atomic E-state index is -0.665. The zero-order chi connectivity index (χ0) is 15.1. The Morgan fingerprint density at radius 2 is 2.14 bits per heavy atom. The molecule has 0 aliphatic heterocycles. The van der Waals surface area contributed by atoms with Gasteiger partial charge in [-0.3, -0.25) is 4.79 Å². The number of carbonyl (C=O) groups excluding carboxylic acids is 1. The average Bonchev–Trinajstić information content (AvgIpc) is 3.25. The molecule has 0 N–H and O–H groups in total. The zero-order valence-corrected chi connectivity index (χ0v) is 12.9. The fourth-order valence-corrected chi connectivity index (χ4v) is 2.71. The van der Waals surface area contributed by atoms with Gasteiger partial charge in [-0.25, -0.2) is 9.18 Å². The van der Waals surface area contributed by atoms with Crippen LogP contribution in [0.15, 0.2) is 27.5 Å². The number of aromatic nitrogens is 1. The average molecular weight is 354 g/mol. The molecule has 110 valence electrons. The summed E-state index contributed by atoms with van der Waals surface area (Å²) in [5.41, 5.74) is 0.212. The molecule has 0 radical (unpaired) electrons. The van der Waals surface area contributed by atoms with Crippen LogP contribution in [0.4, 0.5) is 4.39 Å². The molecule has 1 saturated carbocycles. The molecule has 0 unspecified atom stereocenters. The maximum absolute atomic E-state index is 13.7. The van der Waals surface area contributed by atoms with E-state index in [0.29, 0.717) is 15.4 Å². The highest BCUT2D eigenvalue weighted by atomic mass is 79.9. The summed E-state index contributed by atoms with van der Waals surface area (Å²) in [6.45, 7) is 1.86. The van der Waals surface area contributed by atoms with E-state index in [1.807, 2.05) is 0 Å². The van der Waals surface area contributed by atoms with Gasteiger partial charge in [-0.2, -0.15) is 0 Å². The van der Waals surface area contributed by atoms with E-state index in [9.17, 15) is 14.0 Å². The maximum atomic E-state index is 13.7. The van der Waals surface area contributed by atoms with Crippen molar-refractivity contribution in [1.82, 2.24) is 4.57 Å². The van der Waals surface area contributed by atoms with Crippen molar-refractivity contribution >= 4 is 32.8 Å². The van der Waals surface area contributed by atoms with Crippen LogP contribution in [0, 0.1) is 5.82 Å². The van der Waals surface area contributed by atoms with Crippen molar-refractivity contribution in [3.63, 3.8) is 0 Å². The highest BCUT2D eigenvalue weighted by Gasteiger charge is 2.29. The number of carbonyl (C=O) groups is 1. The van der Waals surface area contributed by atoms with Crippen molar-refractivity contribution in [3.05, 3.63) is 44.4 Å². The van der Waals surface area contributed by atoms with E-state index in [1.54, 1.807) is 17.6 Å². The number of halogens is 2. The highest BCUT2D eigenvalue weighted by molar-refractivity contribution is 9.10. The van der Waals surface area contributed by atoms with E-state index in [-0.39, 0.29) is 23.8 Å². The number of fused-ring (bicyclic) bond motifs is 1. The van der Waals surface area contributed by atoms with Gasteiger partial charge in [0.2, 0.25) is 0 Å². The lowest BCUT2D eigenvalue weighted by molar-refractivity contribution is 0.0524. The monoisotopic (exact) mass is 353 g/mol. The Morgan fingerprint density at radius 1 is 1.43 bits per heavy atom. The van der Waals surface area contributed by atoms with Crippen LogP contribution in [-0.4, -0.2) is 17.1 Å². The zero-order valence-electron chi connectivity index (χ0n) is 11.4. The quantitative estimate of drug-likeness (QED) is 0.794. The Kier molecular flexibility index (Phi) is 3.57. The molecule has 0 amide bonds. The first-order valence-corrected chi connectivity index (χ1v) is 7.53. The van der Waals surface area contributed by atoms with Crippen molar-refractivity contribution < 1.29 is 13.9 Å². The Labute approximate surface area is 128 Å². The fraction of sp³-hybridized carbons (Fsp3) is 0.333. The second-order valence-electron chi connectivity index (χ2n) is 5.01. The number of rotatable bonds is 3. The summed E-state index contributed by atoms with van der Waals surface area (Å²) < 4.78 is 20.5.